The van der Waals surface area contributed by atoms with E-state index in [0.29, 0.717) is 0 Å². The van der Waals surface area contributed by atoms with Crippen LogP contribution < -0.4 is 5.32 Å². The first kappa shape index (κ1) is 8.56. The SMILES string of the molecule is CC1(C)Sc2ncccc2NC1=O. The Morgan fingerprint density at radius 1 is 1.54 bits per heavy atom. The Labute approximate surface area is 80.9 Å². The predicted octanol–water partition coefficient (Wildman–Crippen LogP) is 1.90. The molecule has 0 atom stereocenters. The third-order valence-corrected chi connectivity index (χ3v) is 3.13. The summed E-state index contributed by atoms with van der Waals surface area (Å²) in [6.45, 7) is 3.79. The molecule has 1 aliphatic heterocycles. The number of hydrogen-bond acceptors (Lipinski definition) is 3. The molecule has 0 unspecified atom stereocenters. The molecule has 0 saturated heterocycles. The Morgan fingerprint density at radius 2 is 2.31 bits per heavy atom. The molecule has 1 aliphatic rings. The van der Waals surface area contributed by atoms with Gasteiger partial charge in [-0.25, -0.2) is 4.98 Å². The number of amides is 1. The molecule has 68 valence electrons. The van der Waals surface area contributed by atoms with E-state index in [2.05, 4.69) is 10.3 Å². The molecule has 1 aromatic rings. The van der Waals surface area contributed by atoms with Gasteiger partial charge in [-0.05, 0) is 26.0 Å². The van der Waals surface area contributed by atoms with Crippen molar-refractivity contribution >= 4 is 23.4 Å². The van der Waals surface area contributed by atoms with E-state index < -0.39 is 4.75 Å². The van der Waals surface area contributed by atoms with Crippen LogP contribution in [0.2, 0.25) is 0 Å². The number of anilines is 1. The summed E-state index contributed by atoms with van der Waals surface area (Å²) in [5, 5.41) is 3.72. The van der Waals surface area contributed by atoms with E-state index in [-0.39, 0.29) is 5.91 Å². The number of nitrogens with one attached hydrogen (secondary N) is 1. The lowest BCUT2D eigenvalue weighted by Crippen LogP contribution is -2.37. The van der Waals surface area contributed by atoms with Crippen LogP contribution in [0.4, 0.5) is 5.69 Å². The monoisotopic (exact) mass is 194 g/mol. The number of pyridine rings is 1. The first-order valence-corrected chi connectivity index (χ1v) is 4.87. The van der Waals surface area contributed by atoms with Crippen molar-refractivity contribution in [1.29, 1.82) is 0 Å². The van der Waals surface area contributed by atoms with Gasteiger partial charge in [0, 0.05) is 6.20 Å². The zero-order valence-electron chi connectivity index (χ0n) is 7.50. The third-order valence-electron chi connectivity index (χ3n) is 1.92. The van der Waals surface area contributed by atoms with Crippen molar-refractivity contribution in [1.82, 2.24) is 4.98 Å². The second-order valence-electron chi connectivity index (χ2n) is 3.42. The highest BCUT2D eigenvalue weighted by atomic mass is 32.2. The minimum Gasteiger partial charge on any atom is -0.323 e. The number of thioether (sulfide) groups is 1. The van der Waals surface area contributed by atoms with Crippen LogP contribution in [-0.4, -0.2) is 15.6 Å². The molecule has 1 aromatic heterocycles. The maximum absolute atomic E-state index is 11.5. The number of nitrogens with zero attached hydrogens (tertiary/aromatic N) is 1. The van der Waals surface area contributed by atoms with Crippen molar-refractivity contribution in [3.8, 4) is 0 Å². The molecule has 0 aliphatic carbocycles. The zero-order chi connectivity index (χ0) is 9.47. The lowest BCUT2D eigenvalue weighted by Gasteiger charge is -2.28. The van der Waals surface area contributed by atoms with Crippen molar-refractivity contribution in [3.05, 3.63) is 18.3 Å². The standard InChI is InChI=1S/C9H10N2OS/c1-9(2)8(12)11-6-4-3-5-10-7(6)13-9/h3-5H,1-2H3,(H,11,12). The highest BCUT2D eigenvalue weighted by molar-refractivity contribution is 8.01. The number of fused-ring (bicyclic) bond motifs is 1. The lowest BCUT2D eigenvalue weighted by molar-refractivity contribution is -0.117. The number of rotatable bonds is 0. The average molecular weight is 194 g/mol. The van der Waals surface area contributed by atoms with E-state index in [0.717, 1.165) is 10.7 Å². The van der Waals surface area contributed by atoms with Crippen molar-refractivity contribution in [3.63, 3.8) is 0 Å². The van der Waals surface area contributed by atoms with Crippen LogP contribution in [-0.2, 0) is 4.79 Å². The lowest BCUT2D eigenvalue weighted by atomic mass is 10.2. The van der Waals surface area contributed by atoms with Crippen molar-refractivity contribution in [2.24, 2.45) is 0 Å². The minimum absolute atomic E-state index is 0.0398. The zero-order valence-corrected chi connectivity index (χ0v) is 8.31. The molecular weight excluding hydrogens is 184 g/mol. The number of aromatic nitrogens is 1. The van der Waals surface area contributed by atoms with Gasteiger partial charge in [0.2, 0.25) is 5.91 Å². The highest BCUT2D eigenvalue weighted by Crippen LogP contribution is 2.40. The molecule has 0 aromatic carbocycles. The van der Waals surface area contributed by atoms with E-state index in [9.17, 15) is 4.79 Å². The first-order valence-electron chi connectivity index (χ1n) is 4.05. The van der Waals surface area contributed by atoms with Crippen LogP contribution in [0, 0.1) is 0 Å². The van der Waals surface area contributed by atoms with Gasteiger partial charge >= 0.3 is 0 Å². The van der Waals surface area contributed by atoms with Gasteiger partial charge in [-0.3, -0.25) is 4.79 Å². The second-order valence-corrected chi connectivity index (χ2v) is 5.03. The van der Waals surface area contributed by atoms with Crippen molar-refractivity contribution < 1.29 is 4.79 Å². The molecule has 2 rings (SSSR count). The molecule has 0 bridgehead atoms. The van der Waals surface area contributed by atoms with Gasteiger partial charge in [-0.15, -0.1) is 0 Å². The van der Waals surface area contributed by atoms with Crippen LogP contribution in [0.15, 0.2) is 23.4 Å². The summed E-state index contributed by atoms with van der Waals surface area (Å²) >= 11 is 1.50. The molecule has 2 heterocycles. The Bertz CT molecular complexity index is 362. The minimum atomic E-state index is -0.415. The maximum Gasteiger partial charge on any atom is 0.240 e. The molecule has 1 amide bonds. The Kier molecular flexibility index (Phi) is 1.80. The summed E-state index contributed by atoms with van der Waals surface area (Å²) in [7, 11) is 0. The van der Waals surface area contributed by atoms with Gasteiger partial charge in [0.1, 0.15) is 5.03 Å². The summed E-state index contributed by atoms with van der Waals surface area (Å²) < 4.78 is -0.415. The van der Waals surface area contributed by atoms with Crippen molar-refractivity contribution in [2.45, 2.75) is 23.6 Å². The van der Waals surface area contributed by atoms with Crippen molar-refractivity contribution in [2.75, 3.05) is 5.32 Å². The van der Waals surface area contributed by atoms with Crippen LogP contribution >= 0.6 is 11.8 Å². The molecule has 0 spiro atoms. The van der Waals surface area contributed by atoms with Gasteiger partial charge in [-0.2, -0.15) is 0 Å². The fourth-order valence-corrected chi connectivity index (χ4v) is 2.10. The topological polar surface area (TPSA) is 42.0 Å². The fourth-order valence-electron chi connectivity index (χ4n) is 1.13. The number of hydrogen-bond donors (Lipinski definition) is 1. The fraction of sp³-hybridized carbons (Fsp3) is 0.333. The quantitative estimate of drug-likeness (QED) is 0.686. The summed E-state index contributed by atoms with van der Waals surface area (Å²) in [6, 6.07) is 3.68. The molecule has 4 heteroatoms. The largest absolute Gasteiger partial charge is 0.323 e. The molecule has 0 fully saturated rings. The summed E-state index contributed by atoms with van der Waals surface area (Å²) in [4.78, 5) is 15.7. The molecule has 1 N–H and O–H groups in total. The summed E-state index contributed by atoms with van der Waals surface area (Å²) in [5.74, 6) is 0.0398. The number of carbonyl (C=O) groups excluding carboxylic acids is 1. The van der Waals surface area contributed by atoms with E-state index in [4.69, 9.17) is 0 Å². The molecule has 13 heavy (non-hydrogen) atoms. The first-order chi connectivity index (χ1) is 6.09. The van der Waals surface area contributed by atoms with Crippen LogP contribution in [0.3, 0.4) is 0 Å². The second kappa shape index (κ2) is 2.73. The Balaban J connectivity index is 2.44. The molecule has 0 radical (unpaired) electrons. The Hall–Kier alpha value is -1.03. The van der Waals surface area contributed by atoms with Gasteiger partial charge in [0.15, 0.2) is 0 Å². The highest BCUT2D eigenvalue weighted by Gasteiger charge is 2.34. The Morgan fingerprint density at radius 3 is 3.08 bits per heavy atom. The maximum atomic E-state index is 11.5. The predicted molar refractivity (Wildman–Crippen MR) is 52.8 cm³/mol. The number of carbonyl (C=O) groups is 1. The third kappa shape index (κ3) is 1.42. The smallest absolute Gasteiger partial charge is 0.240 e. The van der Waals surface area contributed by atoms with Gasteiger partial charge in [-0.1, -0.05) is 11.8 Å². The average Bonchev–Trinajstić information content (AvgIpc) is 2.06. The van der Waals surface area contributed by atoms with Crippen LogP contribution in [0.1, 0.15) is 13.8 Å². The van der Waals surface area contributed by atoms with E-state index >= 15 is 0 Å². The summed E-state index contributed by atoms with van der Waals surface area (Å²) in [6.07, 6.45) is 1.74. The molecular formula is C9H10N2OS. The van der Waals surface area contributed by atoms with E-state index in [1.165, 1.54) is 11.8 Å². The van der Waals surface area contributed by atoms with Gasteiger partial charge in [0.25, 0.3) is 0 Å². The van der Waals surface area contributed by atoms with Gasteiger partial charge in [0.05, 0.1) is 10.4 Å². The van der Waals surface area contributed by atoms with E-state index in [1.54, 1.807) is 6.20 Å². The molecule has 3 nitrogen and oxygen atoms in total. The summed E-state index contributed by atoms with van der Waals surface area (Å²) in [5.41, 5.74) is 0.817. The normalized spacial score (nSPS) is 19.1. The van der Waals surface area contributed by atoms with E-state index in [1.807, 2.05) is 26.0 Å². The van der Waals surface area contributed by atoms with Gasteiger partial charge < -0.3 is 5.32 Å². The molecule has 0 saturated carbocycles. The van der Waals surface area contributed by atoms with Crippen LogP contribution in [0.25, 0.3) is 0 Å². The van der Waals surface area contributed by atoms with Crippen LogP contribution in [0.5, 0.6) is 0 Å².